The molecule has 0 aliphatic heterocycles. The van der Waals surface area contributed by atoms with Gasteiger partial charge in [0.15, 0.2) is 0 Å². The quantitative estimate of drug-likeness (QED) is 0.794. The van der Waals surface area contributed by atoms with Gasteiger partial charge in [0.1, 0.15) is 18.5 Å². The molecule has 1 unspecified atom stereocenters. The maximum absolute atomic E-state index is 9.96. The summed E-state index contributed by atoms with van der Waals surface area (Å²) < 4.78 is 5.60. The van der Waals surface area contributed by atoms with Crippen LogP contribution in [0.2, 0.25) is 0 Å². The summed E-state index contributed by atoms with van der Waals surface area (Å²) in [5.74, 6) is 1.58. The predicted octanol–water partition coefficient (Wildman–Crippen LogP) is 2.51. The summed E-state index contributed by atoms with van der Waals surface area (Å²) in [4.78, 5) is 0. The van der Waals surface area contributed by atoms with Gasteiger partial charge < -0.3 is 15.2 Å². The van der Waals surface area contributed by atoms with Gasteiger partial charge in [-0.3, -0.25) is 0 Å². The Labute approximate surface area is 116 Å². The number of benzene rings is 1. The van der Waals surface area contributed by atoms with Crippen molar-refractivity contribution in [3.8, 4) is 5.75 Å². The van der Waals surface area contributed by atoms with Gasteiger partial charge in [-0.2, -0.15) is 0 Å². The Bertz CT molecular complexity index is 413. The van der Waals surface area contributed by atoms with Crippen LogP contribution >= 0.6 is 0 Å². The van der Waals surface area contributed by atoms with E-state index in [1.807, 2.05) is 31.2 Å². The van der Waals surface area contributed by atoms with Crippen LogP contribution in [0.15, 0.2) is 24.3 Å². The summed E-state index contributed by atoms with van der Waals surface area (Å²) in [7, 11) is 0. The number of β-amino-alcohol motifs (C(OH)–C–C–N with tert-alkyl or cyclic N) is 1. The van der Waals surface area contributed by atoms with Crippen LogP contribution in [0.25, 0.3) is 0 Å². The van der Waals surface area contributed by atoms with E-state index in [1.54, 1.807) is 0 Å². The van der Waals surface area contributed by atoms with Gasteiger partial charge in [-0.15, -0.1) is 0 Å². The molecule has 0 spiro atoms. The van der Waals surface area contributed by atoms with Gasteiger partial charge in [0.2, 0.25) is 0 Å². The van der Waals surface area contributed by atoms with Gasteiger partial charge in [0, 0.05) is 12.1 Å². The molecule has 2 rings (SSSR count). The first-order valence-electron chi connectivity index (χ1n) is 7.10. The largest absolute Gasteiger partial charge is 0.491 e. The normalized spacial score (nSPS) is 17.3. The van der Waals surface area contributed by atoms with Crippen molar-refractivity contribution in [1.82, 2.24) is 5.32 Å². The second-order valence-corrected chi connectivity index (χ2v) is 6.16. The molecular weight excluding hydrogens is 238 g/mol. The molecule has 1 aromatic rings. The van der Waals surface area contributed by atoms with E-state index in [0.717, 1.165) is 11.7 Å². The third kappa shape index (κ3) is 4.51. The van der Waals surface area contributed by atoms with Gasteiger partial charge in [-0.05, 0) is 57.2 Å². The van der Waals surface area contributed by atoms with Gasteiger partial charge >= 0.3 is 0 Å². The number of aliphatic hydroxyl groups excluding tert-OH is 1. The lowest BCUT2D eigenvalue weighted by atomic mass is 9.98. The van der Waals surface area contributed by atoms with E-state index in [4.69, 9.17) is 4.74 Å². The Hall–Kier alpha value is -1.06. The van der Waals surface area contributed by atoms with Crippen molar-refractivity contribution in [3.05, 3.63) is 29.8 Å². The molecule has 1 atom stereocenters. The average Bonchev–Trinajstić information content (AvgIpc) is 3.18. The van der Waals surface area contributed by atoms with E-state index in [-0.39, 0.29) is 5.54 Å². The fourth-order valence-corrected chi connectivity index (χ4v) is 2.29. The van der Waals surface area contributed by atoms with Crippen molar-refractivity contribution in [1.29, 1.82) is 0 Å². The van der Waals surface area contributed by atoms with Crippen molar-refractivity contribution < 1.29 is 9.84 Å². The zero-order valence-electron chi connectivity index (χ0n) is 12.1. The highest BCUT2D eigenvalue weighted by molar-refractivity contribution is 5.27. The Morgan fingerprint density at radius 2 is 2.16 bits per heavy atom. The Morgan fingerprint density at radius 3 is 2.79 bits per heavy atom. The summed E-state index contributed by atoms with van der Waals surface area (Å²) in [6.45, 7) is 7.35. The molecule has 0 heterocycles. The average molecular weight is 263 g/mol. The smallest absolute Gasteiger partial charge is 0.119 e. The van der Waals surface area contributed by atoms with Crippen LogP contribution in [0.3, 0.4) is 0 Å². The van der Waals surface area contributed by atoms with Crippen LogP contribution in [0.4, 0.5) is 0 Å². The molecule has 1 aromatic carbocycles. The fraction of sp³-hybridized carbons (Fsp3) is 0.625. The number of aliphatic hydroxyl groups is 1. The first-order valence-corrected chi connectivity index (χ1v) is 7.10. The van der Waals surface area contributed by atoms with Crippen LogP contribution < -0.4 is 10.1 Å². The van der Waals surface area contributed by atoms with Gasteiger partial charge in [0.25, 0.3) is 0 Å². The monoisotopic (exact) mass is 263 g/mol. The highest BCUT2D eigenvalue weighted by atomic mass is 16.5. The predicted molar refractivity (Wildman–Crippen MR) is 77.5 cm³/mol. The molecule has 1 aliphatic rings. The first-order chi connectivity index (χ1) is 8.97. The Balaban J connectivity index is 1.71. The second kappa shape index (κ2) is 5.93. The molecule has 1 saturated carbocycles. The summed E-state index contributed by atoms with van der Waals surface area (Å²) >= 11 is 0. The van der Waals surface area contributed by atoms with Crippen molar-refractivity contribution in [2.75, 3.05) is 13.2 Å². The minimum Gasteiger partial charge on any atom is -0.491 e. The number of aryl methyl sites for hydroxylation is 1. The molecule has 0 amide bonds. The van der Waals surface area contributed by atoms with Gasteiger partial charge in [0.05, 0.1) is 0 Å². The van der Waals surface area contributed by atoms with Crippen LogP contribution in [-0.4, -0.2) is 29.9 Å². The van der Waals surface area contributed by atoms with Gasteiger partial charge in [-0.1, -0.05) is 12.1 Å². The van der Waals surface area contributed by atoms with Crippen molar-refractivity contribution in [3.63, 3.8) is 0 Å². The Kier molecular flexibility index (Phi) is 4.48. The maximum Gasteiger partial charge on any atom is 0.119 e. The molecule has 19 heavy (non-hydrogen) atoms. The number of ether oxygens (including phenoxy) is 1. The maximum atomic E-state index is 9.96. The minimum atomic E-state index is -0.474. The lowest BCUT2D eigenvalue weighted by Gasteiger charge is -2.27. The van der Waals surface area contributed by atoms with Crippen molar-refractivity contribution in [2.24, 2.45) is 5.92 Å². The molecule has 2 N–H and O–H groups in total. The summed E-state index contributed by atoms with van der Waals surface area (Å²) in [6, 6.07) is 7.89. The fourth-order valence-electron chi connectivity index (χ4n) is 2.29. The van der Waals surface area contributed by atoms with Crippen LogP contribution in [0.5, 0.6) is 5.75 Å². The van der Waals surface area contributed by atoms with Crippen LogP contribution in [0, 0.1) is 12.8 Å². The summed E-state index contributed by atoms with van der Waals surface area (Å²) in [5, 5.41) is 13.4. The van der Waals surface area contributed by atoms with Crippen LogP contribution in [-0.2, 0) is 0 Å². The Morgan fingerprint density at radius 1 is 1.42 bits per heavy atom. The standard InChI is InChI=1S/C16H25NO2/c1-12-5-4-6-15(9-12)19-11-14(18)10-17-16(2,3)13-7-8-13/h4-6,9,13-14,17-18H,7-8,10-11H2,1-3H3. The molecular formula is C16H25NO2. The third-order valence-corrected chi connectivity index (χ3v) is 3.82. The molecule has 1 aliphatic carbocycles. The number of nitrogens with one attached hydrogen (secondary N) is 1. The summed E-state index contributed by atoms with van der Waals surface area (Å²) in [6.07, 6.45) is 2.13. The number of hydrogen-bond donors (Lipinski definition) is 2. The second-order valence-electron chi connectivity index (χ2n) is 6.16. The SMILES string of the molecule is Cc1cccc(OCC(O)CNC(C)(C)C2CC2)c1. The van der Waals surface area contributed by atoms with Gasteiger partial charge in [-0.25, -0.2) is 0 Å². The molecule has 0 radical (unpaired) electrons. The number of hydrogen-bond acceptors (Lipinski definition) is 3. The van der Waals surface area contributed by atoms with Crippen molar-refractivity contribution in [2.45, 2.75) is 45.3 Å². The molecule has 0 bridgehead atoms. The highest BCUT2D eigenvalue weighted by Gasteiger charge is 2.37. The van der Waals surface area contributed by atoms with Crippen LogP contribution in [0.1, 0.15) is 32.3 Å². The molecule has 0 saturated heterocycles. The van der Waals surface area contributed by atoms with E-state index in [0.29, 0.717) is 13.2 Å². The third-order valence-electron chi connectivity index (χ3n) is 3.82. The number of rotatable bonds is 7. The zero-order valence-corrected chi connectivity index (χ0v) is 12.1. The van der Waals surface area contributed by atoms with E-state index in [2.05, 4.69) is 19.2 Å². The topological polar surface area (TPSA) is 41.5 Å². The first kappa shape index (κ1) is 14.4. The molecule has 3 heteroatoms. The molecule has 0 aromatic heterocycles. The minimum absolute atomic E-state index is 0.129. The lowest BCUT2D eigenvalue weighted by molar-refractivity contribution is 0.0970. The molecule has 3 nitrogen and oxygen atoms in total. The van der Waals surface area contributed by atoms with E-state index < -0.39 is 6.10 Å². The molecule has 1 fully saturated rings. The lowest BCUT2D eigenvalue weighted by Crippen LogP contribution is -2.46. The highest BCUT2D eigenvalue weighted by Crippen LogP contribution is 2.39. The van der Waals surface area contributed by atoms with Crippen molar-refractivity contribution >= 4 is 0 Å². The summed E-state index contributed by atoms with van der Waals surface area (Å²) in [5.41, 5.74) is 1.30. The van der Waals surface area contributed by atoms with E-state index in [1.165, 1.54) is 18.4 Å². The van der Waals surface area contributed by atoms with E-state index >= 15 is 0 Å². The zero-order chi connectivity index (χ0) is 13.9. The molecule has 106 valence electrons. The van der Waals surface area contributed by atoms with E-state index in [9.17, 15) is 5.11 Å².